The van der Waals surface area contributed by atoms with E-state index < -0.39 is 0 Å². The minimum absolute atomic E-state index is 0. The van der Waals surface area contributed by atoms with E-state index in [1.54, 1.807) is 11.3 Å². The number of nitrogens with one attached hydrogen (secondary N) is 2. The zero-order valence-electron chi connectivity index (χ0n) is 12.0. The topological polar surface area (TPSA) is 54.0 Å². The first-order chi connectivity index (χ1) is 9.73. The van der Waals surface area contributed by atoms with Crippen molar-refractivity contribution in [3.63, 3.8) is 0 Å². The maximum atomic E-state index is 12.4. The molecule has 1 atom stereocenters. The number of hydrogen-bond donors (Lipinski definition) is 2. The molecule has 2 aromatic rings. The molecule has 0 bridgehead atoms. The van der Waals surface area contributed by atoms with Crippen LogP contribution >= 0.6 is 23.7 Å². The molecule has 2 heterocycles. The second-order valence-electron chi connectivity index (χ2n) is 5.22. The van der Waals surface area contributed by atoms with Gasteiger partial charge in [-0.15, -0.1) is 23.7 Å². The number of aromatic nitrogens is 1. The van der Waals surface area contributed by atoms with Gasteiger partial charge >= 0.3 is 0 Å². The van der Waals surface area contributed by atoms with Gasteiger partial charge in [0.1, 0.15) is 5.01 Å². The van der Waals surface area contributed by atoms with E-state index in [4.69, 9.17) is 0 Å². The third-order valence-corrected chi connectivity index (χ3v) is 5.06. The maximum absolute atomic E-state index is 12.4. The van der Waals surface area contributed by atoms with Gasteiger partial charge in [-0.25, -0.2) is 4.98 Å². The minimum atomic E-state index is -0.364. The lowest BCUT2D eigenvalue weighted by molar-refractivity contribution is -0.127. The van der Waals surface area contributed by atoms with Gasteiger partial charge < -0.3 is 10.6 Å². The molecule has 1 aromatic heterocycles. The van der Waals surface area contributed by atoms with Crippen molar-refractivity contribution in [1.82, 2.24) is 15.6 Å². The maximum Gasteiger partial charge on any atom is 0.240 e. The zero-order chi connectivity index (χ0) is 14.0. The van der Waals surface area contributed by atoms with Crippen LogP contribution in [0.4, 0.5) is 0 Å². The van der Waals surface area contributed by atoms with Crippen LogP contribution < -0.4 is 10.6 Å². The highest BCUT2D eigenvalue weighted by Crippen LogP contribution is 2.24. The lowest BCUT2D eigenvalue weighted by Gasteiger charge is -2.26. The number of rotatable bonds is 4. The van der Waals surface area contributed by atoms with E-state index in [-0.39, 0.29) is 23.9 Å². The molecule has 6 heteroatoms. The first kappa shape index (κ1) is 16.2. The van der Waals surface area contributed by atoms with Crippen LogP contribution in [0.1, 0.15) is 31.2 Å². The fraction of sp³-hybridized carbons (Fsp3) is 0.467. The normalized spacial score (nSPS) is 21.2. The Hall–Kier alpha value is -1.17. The summed E-state index contributed by atoms with van der Waals surface area (Å²) in [5.41, 5.74) is 0.641. The number of amides is 1. The number of benzene rings is 1. The van der Waals surface area contributed by atoms with Crippen molar-refractivity contribution in [1.29, 1.82) is 0 Å². The Morgan fingerprint density at radius 3 is 2.95 bits per heavy atom. The van der Waals surface area contributed by atoms with Gasteiger partial charge in [0.05, 0.1) is 22.3 Å². The molecule has 0 aliphatic carbocycles. The Kier molecular flexibility index (Phi) is 5.19. The zero-order valence-corrected chi connectivity index (χ0v) is 13.6. The number of nitrogens with zero attached hydrogens (tertiary/aromatic N) is 1. The summed E-state index contributed by atoms with van der Waals surface area (Å²) >= 11 is 1.64. The van der Waals surface area contributed by atoms with Gasteiger partial charge in [0, 0.05) is 0 Å². The van der Waals surface area contributed by atoms with E-state index in [0.717, 1.165) is 36.3 Å². The van der Waals surface area contributed by atoms with Gasteiger partial charge in [0.15, 0.2) is 0 Å². The number of hydrogen-bond acceptors (Lipinski definition) is 4. The van der Waals surface area contributed by atoms with Crippen molar-refractivity contribution in [3.8, 4) is 0 Å². The molecule has 1 aliphatic rings. The summed E-state index contributed by atoms with van der Waals surface area (Å²) in [5, 5.41) is 7.36. The van der Waals surface area contributed by atoms with Crippen LogP contribution in [0.15, 0.2) is 24.3 Å². The van der Waals surface area contributed by atoms with E-state index in [1.165, 1.54) is 4.70 Å². The number of fused-ring (bicyclic) bond motifs is 1. The van der Waals surface area contributed by atoms with Gasteiger partial charge in [-0.05, 0) is 37.9 Å². The second kappa shape index (κ2) is 6.73. The molecule has 1 amide bonds. The number of halogens is 1. The van der Waals surface area contributed by atoms with E-state index in [0.29, 0.717) is 6.54 Å². The van der Waals surface area contributed by atoms with Crippen LogP contribution in [0.2, 0.25) is 0 Å². The van der Waals surface area contributed by atoms with Crippen molar-refractivity contribution >= 4 is 39.9 Å². The fourth-order valence-electron chi connectivity index (χ4n) is 2.78. The van der Waals surface area contributed by atoms with Crippen LogP contribution in [0.5, 0.6) is 0 Å². The van der Waals surface area contributed by atoms with Crippen molar-refractivity contribution in [2.75, 3.05) is 6.54 Å². The molecule has 4 nitrogen and oxygen atoms in total. The summed E-state index contributed by atoms with van der Waals surface area (Å²) in [5.74, 6) is 0.108. The van der Waals surface area contributed by atoms with Crippen molar-refractivity contribution in [3.05, 3.63) is 29.3 Å². The van der Waals surface area contributed by atoms with Crippen molar-refractivity contribution < 1.29 is 4.79 Å². The fourth-order valence-corrected chi connectivity index (χ4v) is 3.69. The molecule has 1 unspecified atom stereocenters. The third kappa shape index (κ3) is 3.20. The van der Waals surface area contributed by atoms with Gasteiger partial charge in [-0.2, -0.15) is 0 Å². The Labute approximate surface area is 134 Å². The predicted molar refractivity (Wildman–Crippen MR) is 89.0 cm³/mol. The highest BCUT2D eigenvalue weighted by Gasteiger charge is 2.38. The highest BCUT2D eigenvalue weighted by atomic mass is 35.5. The number of para-hydroxylation sites is 1. The third-order valence-electron chi connectivity index (χ3n) is 4.02. The van der Waals surface area contributed by atoms with E-state index in [9.17, 15) is 4.79 Å². The van der Waals surface area contributed by atoms with Crippen LogP contribution in [0, 0.1) is 0 Å². The molecule has 0 radical (unpaired) electrons. The van der Waals surface area contributed by atoms with Gasteiger partial charge in [0.2, 0.25) is 5.91 Å². The first-order valence-electron chi connectivity index (χ1n) is 7.11. The van der Waals surface area contributed by atoms with Crippen molar-refractivity contribution in [2.24, 2.45) is 0 Å². The number of carbonyl (C=O) groups is 1. The Morgan fingerprint density at radius 1 is 1.48 bits per heavy atom. The highest BCUT2D eigenvalue weighted by molar-refractivity contribution is 7.18. The lowest BCUT2D eigenvalue weighted by Crippen LogP contribution is -2.52. The quantitative estimate of drug-likeness (QED) is 0.909. The average Bonchev–Trinajstić information content (AvgIpc) is 3.11. The largest absolute Gasteiger partial charge is 0.348 e. The van der Waals surface area contributed by atoms with Crippen LogP contribution in [-0.2, 0) is 11.3 Å². The summed E-state index contributed by atoms with van der Waals surface area (Å²) < 4.78 is 1.17. The second-order valence-corrected chi connectivity index (χ2v) is 6.34. The molecule has 0 spiro atoms. The minimum Gasteiger partial charge on any atom is -0.348 e. The summed E-state index contributed by atoms with van der Waals surface area (Å²) in [7, 11) is 0. The number of thiazole rings is 1. The molecule has 1 saturated heterocycles. The Balaban J connectivity index is 0.00000161. The molecular weight excluding hydrogens is 306 g/mol. The van der Waals surface area contributed by atoms with Gasteiger partial charge in [-0.1, -0.05) is 19.1 Å². The molecule has 2 N–H and O–H groups in total. The summed E-state index contributed by atoms with van der Waals surface area (Å²) in [6, 6.07) is 8.06. The summed E-state index contributed by atoms with van der Waals surface area (Å²) in [4.78, 5) is 16.9. The summed E-state index contributed by atoms with van der Waals surface area (Å²) in [6.07, 6.45) is 2.83. The monoisotopic (exact) mass is 325 g/mol. The predicted octanol–water partition coefficient (Wildman–Crippen LogP) is 2.87. The molecule has 21 heavy (non-hydrogen) atoms. The average molecular weight is 326 g/mol. The molecular formula is C15H20ClN3OS. The SMILES string of the molecule is CCC1(C(=O)NCc2nc3ccccc3s2)CCCN1.Cl. The van der Waals surface area contributed by atoms with Gasteiger partial charge in [-0.3, -0.25) is 4.79 Å². The molecule has 0 saturated carbocycles. The Bertz CT molecular complexity index is 589. The smallest absolute Gasteiger partial charge is 0.240 e. The standard InChI is InChI=1S/C15H19N3OS.ClH/c1-2-15(8-5-9-17-15)14(19)16-10-13-18-11-6-3-4-7-12(11)20-13;/h3-4,6-7,17H,2,5,8-10H2,1H3,(H,16,19);1H. The first-order valence-corrected chi connectivity index (χ1v) is 7.93. The van der Waals surface area contributed by atoms with Crippen LogP contribution in [-0.4, -0.2) is 23.0 Å². The molecule has 1 fully saturated rings. The van der Waals surface area contributed by atoms with Gasteiger partial charge in [0.25, 0.3) is 0 Å². The number of carbonyl (C=O) groups excluding carboxylic acids is 1. The Morgan fingerprint density at radius 2 is 2.29 bits per heavy atom. The summed E-state index contributed by atoms with van der Waals surface area (Å²) in [6.45, 7) is 3.51. The molecule has 3 rings (SSSR count). The van der Waals surface area contributed by atoms with Crippen molar-refractivity contribution in [2.45, 2.75) is 38.3 Å². The molecule has 1 aliphatic heterocycles. The van der Waals surface area contributed by atoms with Crippen LogP contribution in [0.25, 0.3) is 10.2 Å². The van der Waals surface area contributed by atoms with E-state index in [2.05, 4.69) is 28.6 Å². The van der Waals surface area contributed by atoms with Crippen LogP contribution in [0.3, 0.4) is 0 Å². The molecule has 1 aromatic carbocycles. The molecule has 114 valence electrons. The van der Waals surface area contributed by atoms with E-state index in [1.807, 2.05) is 18.2 Å². The lowest BCUT2D eigenvalue weighted by atomic mass is 9.93. The van der Waals surface area contributed by atoms with E-state index >= 15 is 0 Å².